The van der Waals surface area contributed by atoms with Crippen molar-refractivity contribution in [1.29, 1.82) is 0 Å². The predicted octanol–water partition coefficient (Wildman–Crippen LogP) is 3.26. The Kier molecular flexibility index (Phi) is 3.56. The van der Waals surface area contributed by atoms with Gasteiger partial charge in [-0.25, -0.2) is 18.3 Å². The second-order valence-corrected chi connectivity index (χ2v) is 5.86. The lowest BCUT2D eigenvalue weighted by Gasteiger charge is -2.26. The van der Waals surface area contributed by atoms with Gasteiger partial charge in [0.1, 0.15) is 23.6 Å². The SMILES string of the molecule is O=[N+]([O-])c1cnn2ccc(N3CCC[C@@H]3c3cc(F)ccc3F)nc12. The number of benzene rings is 1. The first-order valence-electron chi connectivity index (χ1n) is 7.75. The van der Waals surface area contributed by atoms with Crippen LogP contribution < -0.4 is 4.90 Å². The Morgan fingerprint density at radius 2 is 2.12 bits per heavy atom. The van der Waals surface area contributed by atoms with E-state index in [4.69, 9.17) is 0 Å². The normalized spacial score (nSPS) is 17.4. The molecule has 7 nitrogen and oxygen atoms in total. The molecule has 0 N–H and O–H groups in total. The Hall–Kier alpha value is -3.10. The summed E-state index contributed by atoms with van der Waals surface area (Å²) in [6, 6.07) is 4.68. The molecule has 0 saturated carbocycles. The number of aromatic nitrogens is 3. The molecule has 128 valence electrons. The van der Waals surface area contributed by atoms with Gasteiger partial charge in [-0.2, -0.15) is 5.10 Å². The zero-order valence-corrected chi connectivity index (χ0v) is 13.0. The zero-order chi connectivity index (χ0) is 17.6. The van der Waals surface area contributed by atoms with Gasteiger partial charge in [-0.15, -0.1) is 0 Å². The predicted molar refractivity (Wildman–Crippen MR) is 85.3 cm³/mol. The van der Waals surface area contributed by atoms with Crippen molar-refractivity contribution in [2.45, 2.75) is 18.9 Å². The molecule has 0 amide bonds. The molecule has 1 aliphatic rings. The average Bonchev–Trinajstić information content (AvgIpc) is 3.22. The van der Waals surface area contributed by atoms with Crippen LogP contribution in [0.2, 0.25) is 0 Å². The topological polar surface area (TPSA) is 76.6 Å². The second kappa shape index (κ2) is 5.76. The van der Waals surface area contributed by atoms with Crippen LogP contribution in [0.25, 0.3) is 5.65 Å². The maximum Gasteiger partial charge on any atom is 0.333 e. The molecule has 0 unspecified atom stereocenters. The molecule has 9 heteroatoms. The number of anilines is 1. The molecule has 1 aliphatic heterocycles. The molecule has 0 spiro atoms. The van der Waals surface area contributed by atoms with Gasteiger partial charge in [0.05, 0.1) is 11.0 Å². The summed E-state index contributed by atoms with van der Waals surface area (Å²) in [4.78, 5) is 16.7. The van der Waals surface area contributed by atoms with Crippen LogP contribution in [-0.4, -0.2) is 26.1 Å². The highest BCUT2D eigenvalue weighted by atomic mass is 19.1. The summed E-state index contributed by atoms with van der Waals surface area (Å²) < 4.78 is 29.0. The summed E-state index contributed by atoms with van der Waals surface area (Å²) in [5.74, 6) is -0.505. The monoisotopic (exact) mass is 345 g/mol. The number of rotatable bonds is 3. The Balaban J connectivity index is 1.77. The number of nitro groups is 1. The van der Waals surface area contributed by atoms with Crippen LogP contribution in [0.15, 0.2) is 36.7 Å². The molecule has 3 aromatic rings. The first-order valence-corrected chi connectivity index (χ1v) is 7.75. The lowest BCUT2D eigenvalue weighted by Crippen LogP contribution is -2.24. The van der Waals surface area contributed by atoms with E-state index >= 15 is 0 Å². The molecule has 1 saturated heterocycles. The van der Waals surface area contributed by atoms with E-state index in [1.165, 1.54) is 10.6 Å². The van der Waals surface area contributed by atoms with Crippen molar-refractivity contribution in [1.82, 2.24) is 14.6 Å². The van der Waals surface area contributed by atoms with Crippen LogP contribution >= 0.6 is 0 Å². The summed E-state index contributed by atoms with van der Waals surface area (Å²) in [7, 11) is 0. The van der Waals surface area contributed by atoms with E-state index in [0.717, 1.165) is 24.8 Å². The summed E-state index contributed by atoms with van der Waals surface area (Å²) >= 11 is 0. The highest BCUT2D eigenvalue weighted by Crippen LogP contribution is 2.37. The van der Waals surface area contributed by atoms with E-state index in [1.54, 1.807) is 12.3 Å². The molecule has 1 aromatic carbocycles. The largest absolute Gasteiger partial charge is 0.349 e. The third-order valence-electron chi connectivity index (χ3n) is 4.40. The van der Waals surface area contributed by atoms with Crippen molar-refractivity contribution in [3.05, 3.63) is 64.0 Å². The zero-order valence-electron chi connectivity index (χ0n) is 13.0. The maximum absolute atomic E-state index is 14.2. The molecule has 25 heavy (non-hydrogen) atoms. The highest BCUT2D eigenvalue weighted by molar-refractivity contribution is 5.61. The van der Waals surface area contributed by atoms with Crippen LogP contribution in [0.1, 0.15) is 24.4 Å². The molecule has 4 rings (SSSR count). The van der Waals surface area contributed by atoms with Gasteiger partial charge >= 0.3 is 5.69 Å². The molecule has 1 fully saturated rings. The van der Waals surface area contributed by atoms with E-state index in [0.29, 0.717) is 18.8 Å². The summed E-state index contributed by atoms with van der Waals surface area (Å²) in [6.45, 7) is 0.603. The van der Waals surface area contributed by atoms with Gasteiger partial charge in [0.15, 0.2) is 0 Å². The Morgan fingerprint density at radius 3 is 2.92 bits per heavy atom. The van der Waals surface area contributed by atoms with Gasteiger partial charge in [0.2, 0.25) is 5.65 Å². The van der Waals surface area contributed by atoms with Crippen LogP contribution in [0.5, 0.6) is 0 Å². The lowest BCUT2D eigenvalue weighted by atomic mass is 10.0. The van der Waals surface area contributed by atoms with Crippen molar-refractivity contribution < 1.29 is 13.7 Å². The van der Waals surface area contributed by atoms with E-state index < -0.39 is 16.6 Å². The fourth-order valence-corrected chi connectivity index (χ4v) is 3.27. The number of hydrogen-bond donors (Lipinski definition) is 0. The molecule has 0 aliphatic carbocycles. The second-order valence-electron chi connectivity index (χ2n) is 5.86. The molecule has 1 atom stereocenters. The van der Waals surface area contributed by atoms with E-state index in [-0.39, 0.29) is 22.9 Å². The highest BCUT2D eigenvalue weighted by Gasteiger charge is 2.30. The van der Waals surface area contributed by atoms with E-state index in [2.05, 4.69) is 10.1 Å². The van der Waals surface area contributed by atoms with Crippen LogP contribution in [0.4, 0.5) is 20.3 Å². The molecule has 3 heterocycles. The fraction of sp³-hybridized carbons (Fsp3) is 0.250. The Morgan fingerprint density at radius 1 is 1.28 bits per heavy atom. The van der Waals surface area contributed by atoms with Gasteiger partial charge in [-0.05, 0) is 37.1 Å². The number of hydrogen-bond acceptors (Lipinski definition) is 5. The van der Waals surface area contributed by atoms with E-state index in [9.17, 15) is 18.9 Å². The van der Waals surface area contributed by atoms with Crippen molar-refractivity contribution >= 4 is 17.2 Å². The Labute approximate surface area is 140 Å². The van der Waals surface area contributed by atoms with Crippen LogP contribution in [0, 0.1) is 21.7 Å². The van der Waals surface area contributed by atoms with Gasteiger partial charge in [-0.3, -0.25) is 10.1 Å². The minimum Gasteiger partial charge on any atom is -0.349 e. The quantitative estimate of drug-likeness (QED) is 0.538. The van der Waals surface area contributed by atoms with Gasteiger partial charge in [-0.1, -0.05) is 0 Å². The van der Waals surface area contributed by atoms with Crippen molar-refractivity contribution in [3.63, 3.8) is 0 Å². The third kappa shape index (κ3) is 2.57. The van der Waals surface area contributed by atoms with Gasteiger partial charge < -0.3 is 4.90 Å². The minimum atomic E-state index is -0.549. The van der Waals surface area contributed by atoms with Gasteiger partial charge in [0.25, 0.3) is 0 Å². The number of nitrogens with zero attached hydrogens (tertiary/aromatic N) is 5. The first kappa shape index (κ1) is 15.4. The standard InChI is InChI=1S/C16H13F2N5O2/c17-10-3-4-12(18)11(8-10)13-2-1-6-21(13)15-5-7-22-16(20-15)14(9-19-22)23(24)25/h3-5,7-9,13H,1-2,6H2/t13-/m1/s1. The van der Waals surface area contributed by atoms with Gasteiger partial charge in [0, 0.05) is 18.3 Å². The third-order valence-corrected chi connectivity index (χ3v) is 4.40. The van der Waals surface area contributed by atoms with Crippen LogP contribution in [-0.2, 0) is 0 Å². The lowest BCUT2D eigenvalue weighted by molar-refractivity contribution is -0.383. The molecule has 0 bridgehead atoms. The molecule has 2 aromatic heterocycles. The number of fused-ring (bicyclic) bond motifs is 1. The van der Waals surface area contributed by atoms with E-state index in [1.807, 2.05) is 4.90 Å². The summed E-state index contributed by atoms with van der Waals surface area (Å²) in [6.07, 6.45) is 4.14. The molecule has 0 radical (unpaired) electrons. The summed E-state index contributed by atoms with van der Waals surface area (Å²) in [5, 5.41) is 15.0. The maximum atomic E-state index is 14.2. The molecular weight excluding hydrogens is 332 g/mol. The number of halogens is 2. The minimum absolute atomic E-state index is 0.118. The van der Waals surface area contributed by atoms with Crippen LogP contribution in [0.3, 0.4) is 0 Å². The average molecular weight is 345 g/mol. The molecular formula is C16H13F2N5O2. The summed E-state index contributed by atoms with van der Waals surface area (Å²) in [5.41, 5.74) is 0.185. The fourth-order valence-electron chi connectivity index (χ4n) is 3.27. The smallest absolute Gasteiger partial charge is 0.333 e. The van der Waals surface area contributed by atoms with Crippen molar-refractivity contribution in [3.8, 4) is 0 Å². The first-order chi connectivity index (χ1) is 12.0. The van der Waals surface area contributed by atoms with Crippen molar-refractivity contribution in [2.75, 3.05) is 11.4 Å². The Bertz CT molecular complexity index is 974. The van der Waals surface area contributed by atoms with Crippen molar-refractivity contribution in [2.24, 2.45) is 0 Å².